The van der Waals surface area contributed by atoms with E-state index >= 15 is 0 Å². The van der Waals surface area contributed by atoms with Gasteiger partial charge < -0.3 is 9.67 Å². The molecule has 0 amide bonds. The highest BCUT2D eigenvalue weighted by Gasteiger charge is 2.13. The second-order valence-corrected chi connectivity index (χ2v) is 4.71. The zero-order valence-corrected chi connectivity index (χ0v) is 10.0. The second kappa shape index (κ2) is 4.27. The number of aromatic nitrogens is 2. The fraction of sp³-hybridized carbons (Fsp3) is 0.200. The van der Waals surface area contributed by atoms with Gasteiger partial charge in [-0.1, -0.05) is 11.6 Å². The Morgan fingerprint density at radius 2 is 2.44 bits per heavy atom. The summed E-state index contributed by atoms with van der Waals surface area (Å²) in [6.07, 6.45) is 1.62. The number of rotatable bonds is 3. The molecule has 0 saturated heterocycles. The predicted molar refractivity (Wildman–Crippen MR) is 62.4 cm³/mol. The molecule has 6 heteroatoms. The maximum Gasteiger partial charge on any atom is 0.352 e. The molecule has 4 nitrogen and oxygen atoms in total. The number of nitrogens with zero attached hydrogens (tertiary/aromatic N) is 2. The third kappa shape index (κ3) is 2.10. The van der Waals surface area contributed by atoms with Crippen LogP contribution in [0.4, 0.5) is 0 Å². The highest BCUT2D eigenvalue weighted by molar-refractivity contribution is 7.09. The quantitative estimate of drug-likeness (QED) is 0.919. The van der Waals surface area contributed by atoms with Crippen LogP contribution < -0.4 is 0 Å². The number of aromatic carboxylic acids is 1. The topological polar surface area (TPSA) is 55.1 Å². The van der Waals surface area contributed by atoms with Crippen LogP contribution in [0, 0.1) is 6.92 Å². The summed E-state index contributed by atoms with van der Waals surface area (Å²) in [5.74, 6) is -0.978. The monoisotopic (exact) mass is 256 g/mol. The molecule has 16 heavy (non-hydrogen) atoms. The molecule has 2 rings (SSSR count). The number of carboxylic acid groups (broad SMARTS) is 1. The maximum absolute atomic E-state index is 11.0. The highest BCUT2D eigenvalue weighted by Crippen LogP contribution is 2.19. The first-order chi connectivity index (χ1) is 7.58. The van der Waals surface area contributed by atoms with Gasteiger partial charge in [-0.15, -0.1) is 11.3 Å². The summed E-state index contributed by atoms with van der Waals surface area (Å²) in [4.78, 5) is 16.1. The molecule has 0 saturated carbocycles. The summed E-state index contributed by atoms with van der Waals surface area (Å²) in [5, 5.41) is 9.42. The number of thiazole rings is 1. The van der Waals surface area contributed by atoms with Gasteiger partial charge >= 0.3 is 5.97 Å². The average molecular weight is 257 g/mol. The van der Waals surface area contributed by atoms with Gasteiger partial charge in [-0.05, 0) is 13.0 Å². The van der Waals surface area contributed by atoms with Crippen LogP contribution in [-0.2, 0) is 6.54 Å². The first-order valence-electron chi connectivity index (χ1n) is 4.56. The van der Waals surface area contributed by atoms with Crippen molar-refractivity contribution in [3.05, 3.63) is 39.1 Å². The van der Waals surface area contributed by atoms with Crippen LogP contribution >= 0.6 is 22.9 Å². The lowest BCUT2D eigenvalue weighted by molar-refractivity contribution is 0.0685. The molecule has 84 valence electrons. The molecule has 0 bridgehead atoms. The van der Waals surface area contributed by atoms with Gasteiger partial charge in [0.2, 0.25) is 0 Å². The van der Waals surface area contributed by atoms with Crippen molar-refractivity contribution in [1.82, 2.24) is 9.55 Å². The Morgan fingerprint density at radius 3 is 3.00 bits per heavy atom. The van der Waals surface area contributed by atoms with Crippen molar-refractivity contribution in [2.24, 2.45) is 0 Å². The van der Waals surface area contributed by atoms with Crippen molar-refractivity contribution in [1.29, 1.82) is 0 Å². The van der Waals surface area contributed by atoms with Gasteiger partial charge in [0.15, 0.2) is 0 Å². The van der Waals surface area contributed by atoms with E-state index < -0.39 is 5.97 Å². The standard InChI is InChI=1S/C10H9ClN2O2S/c1-6-9(16-5-12-6)4-13-3-7(11)2-8(13)10(14)15/h2-3,5H,4H2,1H3,(H,14,15). The molecule has 0 spiro atoms. The molecular formula is C10H9ClN2O2S. The molecule has 0 atom stereocenters. The number of hydrogen-bond acceptors (Lipinski definition) is 3. The van der Waals surface area contributed by atoms with Gasteiger partial charge in [0.25, 0.3) is 0 Å². The molecule has 0 unspecified atom stereocenters. The normalized spacial score (nSPS) is 10.6. The Bertz CT molecular complexity index is 533. The fourth-order valence-electron chi connectivity index (χ4n) is 1.42. The molecule has 0 aliphatic heterocycles. The zero-order chi connectivity index (χ0) is 11.7. The van der Waals surface area contributed by atoms with E-state index in [9.17, 15) is 4.79 Å². The Morgan fingerprint density at radius 1 is 1.69 bits per heavy atom. The maximum atomic E-state index is 11.0. The molecule has 0 aliphatic carbocycles. The number of carbonyl (C=O) groups is 1. The summed E-state index contributed by atoms with van der Waals surface area (Å²) < 4.78 is 1.62. The van der Waals surface area contributed by atoms with E-state index in [1.54, 1.807) is 16.3 Å². The van der Waals surface area contributed by atoms with Gasteiger partial charge in [0.05, 0.1) is 22.8 Å². The number of hydrogen-bond donors (Lipinski definition) is 1. The SMILES string of the molecule is Cc1ncsc1Cn1cc(Cl)cc1C(=O)O. The van der Waals surface area contributed by atoms with Gasteiger partial charge in [0.1, 0.15) is 5.69 Å². The van der Waals surface area contributed by atoms with E-state index in [1.807, 2.05) is 6.92 Å². The molecule has 0 fully saturated rings. The molecule has 0 radical (unpaired) electrons. The van der Waals surface area contributed by atoms with Gasteiger partial charge in [-0.2, -0.15) is 0 Å². The van der Waals surface area contributed by atoms with E-state index in [4.69, 9.17) is 16.7 Å². The fourth-order valence-corrected chi connectivity index (χ4v) is 2.41. The Labute approximate surface area is 101 Å². The van der Waals surface area contributed by atoms with Gasteiger partial charge in [-0.3, -0.25) is 0 Å². The summed E-state index contributed by atoms with van der Waals surface area (Å²) in [5.41, 5.74) is 2.86. The lowest BCUT2D eigenvalue weighted by Gasteiger charge is -2.04. The van der Waals surface area contributed by atoms with Crippen LogP contribution in [0.2, 0.25) is 5.02 Å². The minimum Gasteiger partial charge on any atom is -0.477 e. The second-order valence-electron chi connectivity index (χ2n) is 3.34. The minimum absolute atomic E-state index is 0.192. The summed E-state index contributed by atoms with van der Waals surface area (Å²) in [6.45, 7) is 2.39. The van der Waals surface area contributed by atoms with Crippen molar-refractivity contribution in [3.63, 3.8) is 0 Å². The predicted octanol–water partition coefficient (Wildman–Crippen LogP) is 2.65. The smallest absolute Gasteiger partial charge is 0.352 e. The molecule has 0 aliphatic rings. The van der Waals surface area contributed by atoms with E-state index in [0.29, 0.717) is 11.6 Å². The van der Waals surface area contributed by atoms with Crippen molar-refractivity contribution < 1.29 is 9.90 Å². The highest BCUT2D eigenvalue weighted by atomic mass is 35.5. The van der Waals surface area contributed by atoms with Crippen molar-refractivity contribution >= 4 is 28.9 Å². The Balaban J connectivity index is 2.34. The average Bonchev–Trinajstić information content (AvgIpc) is 2.75. The first kappa shape index (κ1) is 11.2. The van der Waals surface area contributed by atoms with Crippen molar-refractivity contribution in [2.45, 2.75) is 13.5 Å². The number of halogens is 1. The summed E-state index contributed by atoms with van der Waals surface area (Å²) in [7, 11) is 0. The minimum atomic E-state index is -0.978. The summed E-state index contributed by atoms with van der Waals surface area (Å²) >= 11 is 7.30. The lowest BCUT2D eigenvalue weighted by atomic mass is 10.3. The summed E-state index contributed by atoms with van der Waals surface area (Å²) in [6, 6.07) is 1.44. The van der Waals surface area contributed by atoms with Crippen LogP contribution in [-0.4, -0.2) is 20.6 Å². The van der Waals surface area contributed by atoms with Gasteiger partial charge in [0, 0.05) is 11.1 Å². The molecule has 2 heterocycles. The molecule has 2 aromatic rings. The first-order valence-corrected chi connectivity index (χ1v) is 5.81. The largest absolute Gasteiger partial charge is 0.477 e. The third-order valence-corrected chi connectivity index (χ3v) is 3.37. The molecule has 2 aromatic heterocycles. The van der Waals surface area contributed by atoms with E-state index in [2.05, 4.69) is 4.98 Å². The van der Waals surface area contributed by atoms with Crippen LogP contribution in [0.5, 0.6) is 0 Å². The lowest BCUT2D eigenvalue weighted by Crippen LogP contribution is -2.08. The van der Waals surface area contributed by atoms with Crippen LogP contribution in [0.3, 0.4) is 0 Å². The van der Waals surface area contributed by atoms with Crippen LogP contribution in [0.15, 0.2) is 17.8 Å². The van der Waals surface area contributed by atoms with Crippen LogP contribution in [0.1, 0.15) is 21.1 Å². The van der Waals surface area contributed by atoms with E-state index in [-0.39, 0.29) is 5.69 Å². The van der Waals surface area contributed by atoms with E-state index in [1.165, 1.54) is 17.4 Å². The third-order valence-electron chi connectivity index (χ3n) is 2.24. The Hall–Kier alpha value is -1.33. The molecule has 1 N–H and O–H groups in total. The number of carboxylic acids is 1. The molecular weight excluding hydrogens is 248 g/mol. The van der Waals surface area contributed by atoms with Crippen LogP contribution in [0.25, 0.3) is 0 Å². The van der Waals surface area contributed by atoms with Crippen molar-refractivity contribution in [3.8, 4) is 0 Å². The molecule has 0 aromatic carbocycles. The van der Waals surface area contributed by atoms with E-state index in [0.717, 1.165) is 10.6 Å². The Kier molecular flexibility index (Phi) is 2.98. The zero-order valence-electron chi connectivity index (χ0n) is 8.48. The van der Waals surface area contributed by atoms with Gasteiger partial charge in [-0.25, -0.2) is 9.78 Å². The number of aryl methyl sites for hydroxylation is 1. The van der Waals surface area contributed by atoms with Crippen molar-refractivity contribution in [2.75, 3.05) is 0 Å².